The molecule has 0 aliphatic rings. The normalized spacial score (nSPS) is 13.5. The molecule has 0 amide bonds. The van der Waals surface area contributed by atoms with Gasteiger partial charge in [-0.2, -0.15) is 0 Å². The Morgan fingerprint density at radius 1 is 0.388 bits per heavy atom. The fourth-order valence-corrected chi connectivity index (χ4v) is 18.5. The second-order valence-electron chi connectivity index (χ2n) is 23.2. The van der Waals surface area contributed by atoms with E-state index in [0.29, 0.717) is 12.8 Å². The maximum absolute atomic E-state index is 14.9. The van der Waals surface area contributed by atoms with Gasteiger partial charge in [0.05, 0.1) is 23.7 Å². The number of hydrogen-bond donors (Lipinski definition) is 6. The second-order valence-corrected chi connectivity index (χ2v) is 27.7. The molecule has 4 aromatic carbocycles. The van der Waals surface area contributed by atoms with E-state index in [0.717, 1.165) is 97.0 Å². The summed E-state index contributed by atoms with van der Waals surface area (Å²) in [5, 5.41) is 4.90. The molecule has 424 valence electrons. The van der Waals surface area contributed by atoms with Crippen LogP contribution in [0, 0.1) is 48.5 Å². The highest BCUT2D eigenvalue weighted by molar-refractivity contribution is 7.20. The van der Waals surface area contributed by atoms with E-state index in [4.69, 9.17) is 0 Å². The minimum absolute atomic E-state index is 0.0122. The molecular weight excluding hydrogens is 1120 g/mol. The van der Waals surface area contributed by atoms with Gasteiger partial charge in [0.15, 0.2) is 11.6 Å². The Bertz CT molecular complexity index is 4720. The van der Waals surface area contributed by atoms with Crippen LogP contribution in [0.25, 0.3) is 40.3 Å². The number of carbonyl (C=O) groups excluding carboxylic acids is 2. The van der Waals surface area contributed by atoms with Crippen LogP contribution in [-0.2, 0) is 6.42 Å². The van der Waals surface area contributed by atoms with Crippen molar-refractivity contribution < 1.29 is 9.59 Å². The van der Waals surface area contributed by atoms with Gasteiger partial charge < -0.3 is 29.9 Å². The van der Waals surface area contributed by atoms with E-state index >= 15 is 0 Å². The first-order valence-corrected chi connectivity index (χ1v) is 32.6. The predicted molar refractivity (Wildman–Crippen MR) is 356 cm³/mol. The van der Waals surface area contributed by atoms with Crippen LogP contribution in [-0.4, -0.2) is 41.5 Å². The van der Waals surface area contributed by atoms with E-state index in [2.05, 4.69) is 229 Å². The molecular formula is C73H66N6O2S4. The predicted octanol–water partition coefficient (Wildman–Crippen LogP) is 19.8. The summed E-state index contributed by atoms with van der Waals surface area (Å²) >= 11 is 7.31. The Hall–Kier alpha value is -8.26. The molecule has 6 N–H and O–H groups in total. The van der Waals surface area contributed by atoms with Gasteiger partial charge >= 0.3 is 0 Å². The molecule has 14 aromatic rings. The van der Waals surface area contributed by atoms with E-state index in [1.165, 1.54) is 71.0 Å². The smallest absolute Gasteiger partial charge is 0.164 e. The van der Waals surface area contributed by atoms with Crippen molar-refractivity contribution in [2.75, 3.05) is 0 Å². The van der Waals surface area contributed by atoms with Gasteiger partial charge in [-0.3, -0.25) is 9.59 Å². The number of carbonyl (C=O) groups is 2. The van der Waals surface area contributed by atoms with Crippen molar-refractivity contribution in [1.29, 1.82) is 0 Å². The average molecular weight is 1190 g/mol. The topological polar surface area (TPSA) is 129 Å². The molecule has 14 rings (SSSR count). The Kier molecular flexibility index (Phi) is 14.1. The Morgan fingerprint density at radius 2 is 0.741 bits per heavy atom. The standard InChI is InChI=1S/C73H66N6O2S4/c1-38-28-29-51(74-38)67(61-34-46-18-9-13-24-57(46)82-61)52-30-31-54(78-52)70(64-37-49-21-12-16-27-60(49)85-64)73-41(4)66(44(7)77-73)56(81)23-17-22-50-39(2)71(75-42(50)5)68(62-35-47-19-10-14-25-58(47)83-62)53-32-33-55(79-53)69(63-36-48-20-11-15-26-59(48)84-63)72-40(3)65(45(8)80)43(6)76-72/h9-16,18-21,24-37,67-70,74-79H,17,22-23H2,1-8H3. The number of rotatable bonds is 18. The molecule has 0 spiro atoms. The number of fused-ring (bicyclic) bond motifs is 4. The van der Waals surface area contributed by atoms with Crippen molar-refractivity contribution in [3.05, 3.63) is 279 Å². The summed E-state index contributed by atoms with van der Waals surface area (Å²) in [5.41, 5.74) is 18.9. The maximum Gasteiger partial charge on any atom is 0.164 e. The summed E-state index contributed by atoms with van der Waals surface area (Å²) in [7, 11) is 0. The van der Waals surface area contributed by atoms with Crippen molar-refractivity contribution in [3.63, 3.8) is 0 Å². The van der Waals surface area contributed by atoms with Crippen LogP contribution < -0.4 is 0 Å². The fraction of sp³-hybridized carbons (Fsp3) is 0.205. The van der Waals surface area contributed by atoms with Crippen LogP contribution in [0.1, 0.15) is 174 Å². The third-order valence-corrected chi connectivity index (χ3v) is 22.4. The first kappa shape index (κ1) is 54.7. The van der Waals surface area contributed by atoms with Gasteiger partial charge in [-0.05, 0) is 197 Å². The second kappa shape index (κ2) is 22.0. The number of benzene rings is 4. The van der Waals surface area contributed by atoms with E-state index in [1.807, 2.05) is 40.9 Å². The van der Waals surface area contributed by atoms with Crippen LogP contribution in [0.5, 0.6) is 0 Å². The third-order valence-electron chi connectivity index (χ3n) is 17.7. The molecule has 8 nitrogen and oxygen atoms in total. The molecule has 0 saturated carbocycles. The van der Waals surface area contributed by atoms with Gasteiger partial charge in [0.1, 0.15) is 0 Å². The number of aryl methyl sites for hydroxylation is 4. The largest absolute Gasteiger partial charge is 0.362 e. The average Bonchev–Trinajstić information content (AvgIpc) is 2.76. The number of H-pyrrole nitrogens is 6. The van der Waals surface area contributed by atoms with E-state index < -0.39 is 0 Å². The zero-order valence-corrected chi connectivity index (χ0v) is 52.2. The molecule has 4 unspecified atom stereocenters. The highest BCUT2D eigenvalue weighted by atomic mass is 32.1. The van der Waals surface area contributed by atoms with Gasteiger partial charge in [0, 0.05) is 124 Å². The molecule has 0 radical (unpaired) electrons. The summed E-state index contributed by atoms with van der Waals surface area (Å²) in [5.74, 6) is -0.205. The molecule has 0 aliphatic heterocycles. The number of aromatic amines is 6. The number of hydrogen-bond acceptors (Lipinski definition) is 6. The number of nitrogens with one attached hydrogen (secondary N) is 6. The molecule has 85 heavy (non-hydrogen) atoms. The van der Waals surface area contributed by atoms with E-state index in [-0.39, 0.29) is 35.2 Å². The molecule has 0 aliphatic carbocycles. The summed E-state index contributed by atoms with van der Waals surface area (Å²) in [6.07, 6.45) is 1.90. The van der Waals surface area contributed by atoms with Gasteiger partial charge in [0.25, 0.3) is 0 Å². The van der Waals surface area contributed by atoms with Crippen molar-refractivity contribution in [1.82, 2.24) is 29.9 Å². The van der Waals surface area contributed by atoms with Crippen LogP contribution in [0.3, 0.4) is 0 Å². The quantitative estimate of drug-likeness (QED) is 0.0479. The molecule has 0 saturated heterocycles. The van der Waals surface area contributed by atoms with E-state index in [9.17, 15) is 9.59 Å². The van der Waals surface area contributed by atoms with Gasteiger partial charge in [-0.15, -0.1) is 45.3 Å². The summed E-state index contributed by atoms with van der Waals surface area (Å²) in [6, 6.07) is 57.2. The summed E-state index contributed by atoms with van der Waals surface area (Å²) < 4.78 is 4.99. The number of aromatic nitrogens is 6. The fourth-order valence-electron chi connectivity index (χ4n) is 13.7. The lowest BCUT2D eigenvalue weighted by atomic mass is 9.92. The third kappa shape index (κ3) is 9.82. The van der Waals surface area contributed by atoms with Crippen LogP contribution >= 0.6 is 45.3 Å². The number of Topliss-reactive ketones (excluding diaryl/α,β-unsaturated/α-hetero) is 2. The van der Waals surface area contributed by atoms with Gasteiger partial charge in [0.2, 0.25) is 0 Å². The molecule has 0 bridgehead atoms. The lowest BCUT2D eigenvalue weighted by Gasteiger charge is -2.18. The lowest BCUT2D eigenvalue weighted by molar-refractivity contribution is 0.0977. The highest BCUT2D eigenvalue weighted by Gasteiger charge is 2.33. The Labute approximate surface area is 510 Å². The van der Waals surface area contributed by atoms with Crippen molar-refractivity contribution in [2.45, 2.75) is 98.3 Å². The number of ketones is 2. The zero-order valence-electron chi connectivity index (χ0n) is 48.9. The van der Waals surface area contributed by atoms with Crippen molar-refractivity contribution in [2.24, 2.45) is 0 Å². The molecule has 10 heterocycles. The van der Waals surface area contributed by atoms with Crippen LogP contribution in [0.15, 0.2) is 158 Å². The zero-order chi connectivity index (χ0) is 58.4. The lowest BCUT2D eigenvalue weighted by Crippen LogP contribution is -2.08. The minimum Gasteiger partial charge on any atom is -0.362 e. The molecule has 0 fully saturated rings. The highest BCUT2D eigenvalue weighted by Crippen LogP contribution is 2.47. The van der Waals surface area contributed by atoms with Gasteiger partial charge in [-0.1, -0.05) is 72.8 Å². The number of thiophene rings is 4. The molecule has 10 aromatic heterocycles. The molecule has 12 heteroatoms. The van der Waals surface area contributed by atoms with Gasteiger partial charge in [-0.25, -0.2) is 0 Å². The molecule has 4 atom stereocenters. The summed E-state index contributed by atoms with van der Waals surface area (Å²) in [4.78, 5) is 56.0. The van der Waals surface area contributed by atoms with Crippen molar-refractivity contribution in [3.8, 4) is 0 Å². The first-order chi connectivity index (χ1) is 41.2. The van der Waals surface area contributed by atoms with Crippen LogP contribution in [0.4, 0.5) is 0 Å². The Morgan fingerprint density at radius 3 is 1.14 bits per heavy atom. The minimum atomic E-state index is -0.156. The monoisotopic (exact) mass is 1190 g/mol. The SMILES string of the molecule is CC(=O)c1c(C)[nH]c(C(c2ccc(C(c3cc4ccccc4s3)c3[nH]c(C)c(CCCC(=O)c4c(C)[nH]c(C(c5ccc(C(c6ccc(C)[nH]6)c6cc7ccccc7s6)[nH]5)c5cc6ccccc6s5)c4C)c3C)[nH]2)c2cc3ccccc3s2)c1C. The summed E-state index contributed by atoms with van der Waals surface area (Å²) in [6.45, 7) is 16.5. The van der Waals surface area contributed by atoms with Crippen molar-refractivity contribution >= 4 is 97.3 Å². The van der Waals surface area contributed by atoms with Crippen LogP contribution in [0.2, 0.25) is 0 Å². The Balaban J connectivity index is 0.774. The van der Waals surface area contributed by atoms with E-state index in [1.54, 1.807) is 18.3 Å². The first-order valence-electron chi connectivity index (χ1n) is 29.3. The maximum atomic E-state index is 14.9.